The molecule has 0 spiro atoms. The Kier molecular flexibility index (Phi) is 6.15. The first-order chi connectivity index (χ1) is 14.9. The Hall–Kier alpha value is -2.65. The molecule has 0 saturated heterocycles. The number of fused-ring (bicyclic) bond motifs is 1. The number of aromatic amines is 1. The summed E-state index contributed by atoms with van der Waals surface area (Å²) in [5, 5.41) is 1.15. The van der Waals surface area contributed by atoms with E-state index in [1.54, 1.807) is 0 Å². The molecule has 0 atom stereocenters. The van der Waals surface area contributed by atoms with Crippen LogP contribution in [-0.2, 0) is 6.42 Å². The maximum absolute atomic E-state index is 13.3. The van der Waals surface area contributed by atoms with Gasteiger partial charge >= 0.3 is 0 Å². The number of rotatable bonds is 6. The van der Waals surface area contributed by atoms with E-state index in [0.717, 1.165) is 66.5 Å². The molecule has 1 aliphatic rings. The third-order valence-corrected chi connectivity index (χ3v) is 6.06. The van der Waals surface area contributed by atoms with Gasteiger partial charge < -0.3 is 4.98 Å². The van der Waals surface area contributed by atoms with Crippen LogP contribution in [0.5, 0.6) is 0 Å². The van der Waals surface area contributed by atoms with Crippen LogP contribution in [0, 0.1) is 5.41 Å². The lowest BCUT2D eigenvalue weighted by Gasteiger charge is -2.32. The van der Waals surface area contributed by atoms with Gasteiger partial charge in [0.15, 0.2) is 5.78 Å². The summed E-state index contributed by atoms with van der Waals surface area (Å²) in [5.74, 6) is 0.118. The number of aromatic nitrogens is 1. The van der Waals surface area contributed by atoms with Crippen molar-refractivity contribution in [3.63, 3.8) is 0 Å². The van der Waals surface area contributed by atoms with Gasteiger partial charge in [0.1, 0.15) is 0 Å². The van der Waals surface area contributed by atoms with Crippen molar-refractivity contribution in [3.05, 3.63) is 77.0 Å². The largest absolute Gasteiger partial charge is 0.361 e. The molecule has 3 heteroatoms. The molecule has 0 amide bonds. The molecule has 0 unspecified atom stereocenters. The van der Waals surface area contributed by atoms with Gasteiger partial charge in [-0.1, -0.05) is 64.5 Å². The number of benzene rings is 2. The lowest BCUT2D eigenvalue weighted by molar-refractivity contribution is 0.103. The van der Waals surface area contributed by atoms with Gasteiger partial charge in [-0.25, -0.2) is 0 Å². The number of carbonyl (C=O) groups is 1. The van der Waals surface area contributed by atoms with E-state index in [1.807, 2.05) is 30.3 Å². The van der Waals surface area contributed by atoms with E-state index in [2.05, 4.69) is 62.0 Å². The molecule has 0 aliphatic carbocycles. The molecule has 1 aromatic heterocycles. The Morgan fingerprint density at radius 1 is 1.13 bits per heavy atom. The van der Waals surface area contributed by atoms with Gasteiger partial charge in [0, 0.05) is 53.4 Å². The zero-order valence-corrected chi connectivity index (χ0v) is 19.3. The minimum Gasteiger partial charge on any atom is -0.361 e. The fourth-order valence-electron chi connectivity index (χ4n) is 4.68. The standard InChI is InChI=1S/C28H34N2O/c1-5-8-20-9-6-7-10-23(20)27(31)22-11-12-26-24(17-22)25(18-29-26)21-13-15-30(16-14-21)19-28(2,3)4/h6-7,9-13,17-18,29H,5,8,14-16,19H2,1-4H3. The molecule has 0 fully saturated rings. The normalized spacial score (nSPS) is 15.3. The molecule has 4 rings (SSSR count). The van der Waals surface area contributed by atoms with Gasteiger partial charge in [-0.3, -0.25) is 9.69 Å². The van der Waals surface area contributed by atoms with E-state index in [-0.39, 0.29) is 5.78 Å². The van der Waals surface area contributed by atoms with Crippen LogP contribution >= 0.6 is 0 Å². The summed E-state index contributed by atoms with van der Waals surface area (Å²) < 4.78 is 0. The fraction of sp³-hybridized carbons (Fsp3) is 0.393. The van der Waals surface area contributed by atoms with Crippen LogP contribution in [0.2, 0.25) is 0 Å². The molecule has 3 aromatic rings. The molecule has 0 saturated carbocycles. The molecule has 2 aromatic carbocycles. The van der Waals surface area contributed by atoms with Crippen LogP contribution in [-0.4, -0.2) is 35.3 Å². The van der Waals surface area contributed by atoms with Crippen molar-refractivity contribution < 1.29 is 4.79 Å². The van der Waals surface area contributed by atoms with Crippen LogP contribution in [0.3, 0.4) is 0 Å². The van der Waals surface area contributed by atoms with Crippen molar-refractivity contribution in [2.24, 2.45) is 5.41 Å². The summed E-state index contributed by atoms with van der Waals surface area (Å²) in [4.78, 5) is 19.3. The van der Waals surface area contributed by atoms with Crippen molar-refractivity contribution in [2.45, 2.75) is 47.0 Å². The zero-order valence-electron chi connectivity index (χ0n) is 19.3. The van der Waals surface area contributed by atoms with Crippen LogP contribution in [0.25, 0.3) is 16.5 Å². The number of hydrogen-bond acceptors (Lipinski definition) is 2. The number of H-pyrrole nitrogens is 1. The summed E-state index contributed by atoms with van der Waals surface area (Å²) in [6.45, 7) is 12.2. The van der Waals surface area contributed by atoms with Gasteiger partial charge in [-0.2, -0.15) is 0 Å². The highest BCUT2D eigenvalue weighted by Gasteiger charge is 2.21. The molecule has 0 bridgehead atoms. The van der Waals surface area contributed by atoms with E-state index in [4.69, 9.17) is 0 Å². The average molecular weight is 415 g/mol. The van der Waals surface area contributed by atoms with Crippen molar-refractivity contribution in [1.29, 1.82) is 0 Å². The number of hydrogen-bond donors (Lipinski definition) is 1. The summed E-state index contributed by atoms with van der Waals surface area (Å²) in [5.41, 5.74) is 6.76. The number of nitrogens with zero attached hydrogens (tertiary/aromatic N) is 1. The lowest BCUT2D eigenvalue weighted by Crippen LogP contribution is -2.35. The molecule has 1 N–H and O–H groups in total. The third kappa shape index (κ3) is 4.83. The molecular formula is C28H34N2O. The second-order valence-corrected chi connectivity index (χ2v) is 9.97. The monoisotopic (exact) mass is 414 g/mol. The number of carbonyl (C=O) groups excluding carboxylic acids is 1. The topological polar surface area (TPSA) is 36.1 Å². The third-order valence-electron chi connectivity index (χ3n) is 6.06. The van der Waals surface area contributed by atoms with E-state index in [9.17, 15) is 4.79 Å². The van der Waals surface area contributed by atoms with Crippen molar-refractivity contribution >= 4 is 22.3 Å². The first-order valence-corrected chi connectivity index (χ1v) is 11.5. The summed E-state index contributed by atoms with van der Waals surface area (Å²) in [6, 6.07) is 14.1. The van der Waals surface area contributed by atoms with E-state index < -0.39 is 0 Å². The molecule has 1 aliphatic heterocycles. The minimum atomic E-state index is 0.118. The summed E-state index contributed by atoms with van der Waals surface area (Å²) >= 11 is 0. The second kappa shape index (κ2) is 8.84. The molecule has 31 heavy (non-hydrogen) atoms. The van der Waals surface area contributed by atoms with Crippen LogP contribution in [0.1, 0.15) is 67.6 Å². The maximum atomic E-state index is 13.3. The lowest BCUT2D eigenvalue weighted by atomic mass is 9.92. The Balaban J connectivity index is 1.63. The van der Waals surface area contributed by atoms with Gasteiger partial charge in [-0.05, 0) is 47.6 Å². The Morgan fingerprint density at radius 3 is 2.65 bits per heavy atom. The maximum Gasteiger partial charge on any atom is 0.193 e. The van der Waals surface area contributed by atoms with Gasteiger partial charge in [0.05, 0.1) is 0 Å². The predicted molar refractivity (Wildman–Crippen MR) is 131 cm³/mol. The highest BCUT2D eigenvalue weighted by atomic mass is 16.1. The molecule has 2 heterocycles. The first kappa shape index (κ1) is 21.6. The Labute approximate surface area is 186 Å². The quantitative estimate of drug-likeness (QED) is 0.468. The van der Waals surface area contributed by atoms with E-state index >= 15 is 0 Å². The minimum absolute atomic E-state index is 0.118. The highest BCUT2D eigenvalue weighted by Crippen LogP contribution is 2.31. The molecule has 3 nitrogen and oxygen atoms in total. The highest BCUT2D eigenvalue weighted by molar-refractivity contribution is 6.12. The Bertz CT molecular complexity index is 1110. The van der Waals surface area contributed by atoms with Gasteiger partial charge in [0.2, 0.25) is 0 Å². The fourth-order valence-corrected chi connectivity index (χ4v) is 4.68. The summed E-state index contributed by atoms with van der Waals surface area (Å²) in [6.07, 6.45) is 7.47. The Morgan fingerprint density at radius 2 is 1.94 bits per heavy atom. The number of aryl methyl sites for hydroxylation is 1. The molecule has 162 valence electrons. The number of ketones is 1. The van der Waals surface area contributed by atoms with Crippen molar-refractivity contribution in [1.82, 2.24) is 9.88 Å². The van der Waals surface area contributed by atoms with Crippen LogP contribution in [0.15, 0.2) is 54.7 Å². The van der Waals surface area contributed by atoms with Gasteiger partial charge in [-0.15, -0.1) is 0 Å². The smallest absolute Gasteiger partial charge is 0.193 e. The average Bonchev–Trinajstić information content (AvgIpc) is 3.16. The van der Waals surface area contributed by atoms with Crippen molar-refractivity contribution in [3.8, 4) is 0 Å². The molecule has 0 radical (unpaired) electrons. The SMILES string of the molecule is CCCc1ccccc1C(=O)c1ccc2[nH]cc(C3=CCN(CC(C)(C)C)CC3)c2c1. The van der Waals surface area contributed by atoms with E-state index in [1.165, 1.54) is 11.1 Å². The first-order valence-electron chi connectivity index (χ1n) is 11.5. The summed E-state index contributed by atoms with van der Waals surface area (Å²) in [7, 11) is 0. The van der Waals surface area contributed by atoms with Crippen LogP contribution in [0.4, 0.5) is 0 Å². The van der Waals surface area contributed by atoms with E-state index in [0.29, 0.717) is 5.41 Å². The van der Waals surface area contributed by atoms with Gasteiger partial charge in [0.25, 0.3) is 0 Å². The number of nitrogens with one attached hydrogen (secondary N) is 1. The molecular weight excluding hydrogens is 380 g/mol. The van der Waals surface area contributed by atoms with Crippen LogP contribution < -0.4 is 0 Å². The zero-order chi connectivity index (χ0) is 22.0. The second-order valence-electron chi connectivity index (χ2n) is 9.97. The predicted octanol–water partition coefficient (Wildman–Crippen LogP) is 6.49. The van der Waals surface area contributed by atoms with Crippen molar-refractivity contribution in [2.75, 3.05) is 19.6 Å².